The molecule has 0 aliphatic carbocycles. The Bertz CT molecular complexity index is 484. The number of nitrogens with one attached hydrogen (secondary N) is 2. The lowest BCUT2D eigenvalue weighted by atomic mass is 10.1. The van der Waals surface area contributed by atoms with Gasteiger partial charge >= 0.3 is 6.03 Å². The van der Waals surface area contributed by atoms with E-state index in [9.17, 15) is 9.59 Å². The van der Waals surface area contributed by atoms with Crippen LogP contribution in [0, 0.1) is 0 Å². The van der Waals surface area contributed by atoms with E-state index in [4.69, 9.17) is 5.73 Å². The molecule has 4 N–H and O–H groups in total. The molecule has 3 amide bonds. The Kier molecular flexibility index (Phi) is 4.81. The van der Waals surface area contributed by atoms with Crippen LogP contribution in [-0.2, 0) is 4.79 Å². The van der Waals surface area contributed by atoms with Crippen molar-refractivity contribution in [1.82, 2.24) is 5.32 Å². The van der Waals surface area contributed by atoms with Crippen molar-refractivity contribution < 1.29 is 9.59 Å². The zero-order valence-corrected chi connectivity index (χ0v) is 11.4. The number of carbonyl (C=O) groups is 2. The molecule has 0 unspecified atom stereocenters. The Morgan fingerprint density at radius 3 is 2.55 bits per heavy atom. The van der Waals surface area contributed by atoms with Crippen molar-refractivity contribution >= 4 is 23.3 Å². The summed E-state index contributed by atoms with van der Waals surface area (Å²) in [6.45, 7) is 2.09. The first-order valence-electron chi connectivity index (χ1n) is 6.84. The van der Waals surface area contributed by atoms with Crippen LogP contribution in [0.15, 0.2) is 24.3 Å². The molecule has 20 heavy (non-hydrogen) atoms. The fraction of sp³-hybridized carbons (Fsp3) is 0.429. The van der Waals surface area contributed by atoms with Crippen LogP contribution in [0.5, 0.6) is 0 Å². The summed E-state index contributed by atoms with van der Waals surface area (Å²) in [4.78, 5) is 24.3. The predicted molar refractivity (Wildman–Crippen MR) is 78.7 cm³/mol. The van der Waals surface area contributed by atoms with Crippen LogP contribution in [0.1, 0.15) is 19.3 Å². The highest BCUT2D eigenvalue weighted by atomic mass is 16.2. The largest absolute Gasteiger partial charge is 0.374 e. The second kappa shape index (κ2) is 6.79. The number of amides is 3. The summed E-state index contributed by atoms with van der Waals surface area (Å²) >= 11 is 0. The van der Waals surface area contributed by atoms with Crippen molar-refractivity contribution in [3.63, 3.8) is 0 Å². The molecule has 6 heteroatoms. The number of nitrogens with zero attached hydrogens (tertiary/aromatic N) is 1. The zero-order chi connectivity index (χ0) is 14.4. The van der Waals surface area contributed by atoms with E-state index < -0.39 is 11.9 Å². The van der Waals surface area contributed by atoms with E-state index in [1.165, 1.54) is 19.3 Å². The summed E-state index contributed by atoms with van der Waals surface area (Å²) in [5.41, 5.74) is 6.90. The highest BCUT2D eigenvalue weighted by Gasteiger charge is 2.14. The molecule has 1 aromatic rings. The minimum atomic E-state index is -0.832. The number of piperidine rings is 1. The molecular formula is C14H20N4O2. The fourth-order valence-corrected chi connectivity index (χ4v) is 2.39. The van der Waals surface area contributed by atoms with Gasteiger partial charge in [-0.15, -0.1) is 0 Å². The summed E-state index contributed by atoms with van der Waals surface area (Å²) in [5, 5.41) is 5.09. The third-order valence-electron chi connectivity index (χ3n) is 3.30. The topological polar surface area (TPSA) is 87.5 Å². The van der Waals surface area contributed by atoms with Gasteiger partial charge in [-0.25, -0.2) is 4.79 Å². The van der Waals surface area contributed by atoms with E-state index in [-0.39, 0.29) is 6.54 Å². The third-order valence-corrected chi connectivity index (χ3v) is 3.30. The van der Waals surface area contributed by atoms with Crippen molar-refractivity contribution in [2.75, 3.05) is 29.9 Å². The summed E-state index contributed by atoms with van der Waals surface area (Å²) in [5.74, 6) is -0.439. The van der Waals surface area contributed by atoms with Crippen LogP contribution in [-0.4, -0.2) is 31.6 Å². The van der Waals surface area contributed by atoms with E-state index in [0.29, 0.717) is 0 Å². The van der Waals surface area contributed by atoms with Crippen molar-refractivity contribution in [3.05, 3.63) is 24.3 Å². The number of imide groups is 1. The van der Waals surface area contributed by atoms with Crippen LogP contribution >= 0.6 is 0 Å². The second-order valence-electron chi connectivity index (χ2n) is 4.83. The first-order valence-corrected chi connectivity index (χ1v) is 6.84. The van der Waals surface area contributed by atoms with Gasteiger partial charge in [0.25, 0.3) is 0 Å². The molecule has 1 aliphatic rings. The zero-order valence-electron chi connectivity index (χ0n) is 11.4. The van der Waals surface area contributed by atoms with Gasteiger partial charge < -0.3 is 16.0 Å². The Balaban J connectivity index is 2.00. The smallest absolute Gasteiger partial charge is 0.318 e. The Morgan fingerprint density at radius 2 is 1.85 bits per heavy atom. The first kappa shape index (κ1) is 14.2. The van der Waals surface area contributed by atoms with Gasteiger partial charge in [-0.05, 0) is 31.4 Å². The van der Waals surface area contributed by atoms with Crippen LogP contribution in [0.25, 0.3) is 0 Å². The highest BCUT2D eigenvalue weighted by molar-refractivity contribution is 5.95. The van der Waals surface area contributed by atoms with Gasteiger partial charge in [-0.2, -0.15) is 0 Å². The molecule has 1 saturated heterocycles. The van der Waals surface area contributed by atoms with E-state index in [1.54, 1.807) is 0 Å². The molecule has 1 heterocycles. The number of carbonyl (C=O) groups excluding carboxylic acids is 2. The first-order chi connectivity index (χ1) is 9.66. The quantitative estimate of drug-likeness (QED) is 0.773. The van der Waals surface area contributed by atoms with Gasteiger partial charge in [0.2, 0.25) is 5.91 Å². The van der Waals surface area contributed by atoms with Crippen LogP contribution in [0.2, 0.25) is 0 Å². The predicted octanol–water partition coefficient (Wildman–Crippen LogP) is 1.28. The number of rotatable bonds is 4. The second-order valence-corrected chi connectivity index (χ2v) is 4.83. The van der Waals surface area contributed by atoms with Gasteiger partial charge in [0.1, 0.15) is 0 Å². The maximum absolute atomic E-state index is 11.4. The average molecular weight is 276 g/mol. The number of hydrogen-bond acceptors (Lipinski definition) is 4. The number of anilines is 2. The number of urea groups is 1. The lowest BCUT2D eigenvalue weighted by molar-refractivity contribution is -0.118. The van der Waals surface area contributed by atoms with E-state index in [1.807, 2.05) is 29.6 Å². The molecule has 108 valence electrons. The molecule has 1 aromatic carbocycles. The number of primary amides is 1. The SMILES string of the molecule is NC(=O)NC(=O)CNc1ccccc1N1CCCCC1. The van der Waals surface area contributed by atoms with Crippen molar-refractivity contribution in [3.8, 4) is 0 Å². The van der Waals surface area contributed by atoms with Gasteiger partial charge in [0, 0.05) is 13.1 Å². The molecule has 0 bridgehead atoms. The highest BCUT2D eigenvalue weighted by Crippen LogP contribution is 2.27. The van der Waals surface area contributed by atoms with Crippen molar-refractivity contribution in [2.45, 2.75) is 19.3 Å². The summed E-state index contributed by atoms with van der Waals surface area (Å²) < 4.78 is 0. The van der Waals surface area contributed by atoms with Gasteiger partial charge in [-0.3, -0.25) is 10.1 Å². The molecule has 6 nitrogen and oxygen atoms in total. The van der Waals surface area contributed by atoms with Crippen LogP contribution < -0.4 is 21.3 Å². The summed E-state index contributed by atoms with van der Waals surface area (Å²) in [7, 11) is 0. The van der Waals surface area contributed by atoms with Crippen LogP contribution in [0.3, 0.4) is 0 Å². The summed E-state index contributed by atoms with van der Waals surface area (Å²) in [6.07, 6.45) is 3.65. The third kappa shape index (κ3) is 3.88. The Hall–Kier alpha value is -2.24. The minimum absolute atomic E-state index is 0.0216. The van der Waals surface area contributed by atoms with Gasteiger partial charge in [0.05, 0.1) is 17.9 Å². The number of nitrogens with two attached hydrogens (primary N) is 1. The Labute approximate surface area is 118 Å². The maximum Gasteiger partial charge on any atom is 0.318 e. The van der Waals surface area contributed by atoms with Gasteiger partial charge in [-0.1, -0.05) is 12.1 Å². The molecule has 0 saturated carbocycles. The van der Waals surface area contributed by atoms with Crippen molar-refractivity contribution in [2.24, 2.45) is 5.73 Å². The molecular weight excluding hydrogens is 256 g/mol. The normalized spacial score (nSPS) is 14.7. The average Bonchev–Trinajstić information content (AvgIpc) is 2.46. The molecule has 0 aromatic heterocycles. The van der Waals surface area contributed by atoms with Crippen molar-refractivity contribution in [1.29, 1.82) is 0 Å². The fourth-order valence-electron chi connectivity index (χ4n) is 2.39. The monoisotopic (exact) mass is 276 g/mol. The molecule has 1 fully saturated rings. The molecule has 0 atom stereocenters. The Morgan fingerprint density at radius 1 is 1.15 bits per heavy atom. The van der Waals surface area contributed by atoms with Gasteiger partial charge in [0.15, 0.2) is 0 Å². The number of hydrogen-bond donors (Lipinski definition) is 3. The molecule has 0 radical (unpaired) electrons. The lowest BCUT2D eigenvalue weighted by Gasteiger charge is -2.30. The number of para-hydroxylation sites is 2. The lowest BCUT2D eigenvalue weighted by Crippen LogP contribution is -2.38. The standard InChI is InChI=1S/C14H20N4O2/c15-14(20)17-13(19)10-16-11-6-2-3-7-12(11)18-8-4-1-5-9-18/h2-3,6-7,16H,1,4-5,8-10H2,(H3,15,17,19,20). The summed E-state index contributed by atoms with van der Waals surface area (Å²) in [6, 6.07) is 7.04. The van der Waals surface area contributed by atoms with Crippen LogP contribution in [0.4, 0.5) is 16.2 Å². The minimum Gasteiger partial charge on any atom is -0.374 e. The molecule has 1 aliphatic heterocycles. The maximum atomic E-state index is 11.4. The van der Waals surface area contributed by atoms with E-state index in [2.05, 4.69) is 10.2 Å². The number of benzene rings is 1. The molecule has 2 rings (SSSR count). The van der Waals surface area contributed by atoms with E-state index >= 15 is 0 Å². The van der Waals surface area contributed by atoms with E-state index in [0.717, 1.165) is 24.5 Å². The molecule has 0 spiro atoms.